The van der Waals surface area contributed by atoms with E-state index in [1.807, 2.05) is 0 Å². The van der Waals surface area contributed by atoms with Crippen LogP contribution >= 0.6 is 0 Å². The first-order valence-corrected chi connectivity index (χ1v) is 5.68. The Balaban J connectivity index is 3.66. The molecular weight excluding hydrogens is 172 g/mol. The van der Waals surface area contributed by atoms with Gasteiger partial charge in [-0.3, -0.25) is 4.79 Å². The van der Waals surface area contributed by atoms with Crippen molar-refractivity contribution in [2.24, 2.45) is 11.3 Å². The van der Waals surface area contributed by atoms with Crippen LogP contribution < -0.4 is 0 Å². The number of Topliss-reactive ketones (excluding diaryl/α,β-unsaturated/α-hetero) is 1. The van der Waals surface area contributed by atoms with E-state index >= 15 is 0 Å². The minimum absolute atomic E-state index is 0.0712. The second kappa shape index (κ2) is 6.21. The first-order chi connectivity index (χ1) is 6.33. The summed E-state index contributed by atoms with van der Waals surface area (Å²) in [5.74, 6) is 0.863. The molecule has 0 spiro atoms. The molecule has 0 N–H and O–H groups in total. The Morgan fingerprint density at radius 2 is 1.86 bits per heavy atom. The molecular formula is C13H25O. The minimum Gasteiger partial charge on any atom is -0.300 e. The number of rotatable bonds is 7. The lowest BCUT2D eigenvalue weighted by Crippen LogP contribution is -2.13. The van der Waals surface area contributed by atoms with Gasteiger partial charge in [0, 0.05) is 13.3 Å². The van der Waals surface area contributed by atoms with Crippen molar-refractivity contribution in [3.63, 3.8) is 0 Å². The van der Waals surface area contributed by atoms with Crippen molar-refractivity contribution >= 4 is 5.78 Å². The molecule has 83 valence electrons. The summed E-state index contributed by atoms with van der Waals surface area (Å²) in [6.45, 7) is 12.4. The molecule has 0 amide bonds. The number of carbonyl (C=O) groups excluding carboxylic acids is 1. The third-order valence-electron chi connectivity index (χ3n) is 2.72. The van der Waals surface area contributed by atoms with Gasteiger partial charge in [-0.15, -0.1) is 0 Å². The van der Waals surface area contributed by atoms with E-state index in [1.54, 1.807) is 0 Å². The highest BCUT2D eigenvalue weighted by Crippen LogP contribution is 2.29. The Bertz CT molecular complexity index is 168. The van der Waals surface area contributed by atoms with Crippen molar-refractivity contribution in [3.8, 4) is 0 Å². The standard InChI is InChI=1S/C13H25O/c1-11(2)7-6-9-13(4,5)10-8-12(3)14/h11H,3,6-10H2,1-2,4-5H3. The van der Waals surface area contributed by atoms with Gasteiger partial charge in [-0.25, -0.2) is 0 Å². The fraction of sp³-hybridized carbons (Fsp3) is 0.846. The quantitative estimate of drug-likeness (QED) is 0.602. The summed E-state index contributed by atoms with van der Waals surface area (Å²) in [6.07, 6.45) is 5.40. The van der Waals surface area contributed by atoms with Crippen LogP contribution in [0.25, 0.3) is 0 Å². The predicted molar refractivity (Wildman–Crippen MR) is 62.1 cm³/mol. The molecule has 0 aliphatic rings. The maximum Gasteiger partial charge on any atom is 0.133 e. The molecule has 0 aromatic heterocycles. The summed E-state index contributed by atoms with van der Waals surface area (Å²) in [7, 11) is 0. The van der Waals surface area contributed by atoms with Crippen molar-refractivity contribution in [2.45, 2.75) is 59.8 Å². The maximum atomic E-state index is 10.8. The maximum absolute atomic E-state index is 10.8. The first-order valence-electron chi connectivity index (χ1n) is 5.68. The normalized spacial score (nSPS) is 12.1. The van der Waals surface area contributed by atoms with Crippen LogP contribution in [0.4, 0.5) is 0 Å². The summed E-state index contributed by atoms with van der Waals surface area (Å²) in [5, 5.41) is 0. The molecule has 0 aromatic rings. The largest absolute Gasteiger partial charge is 0.300 e. The zero-order valence-corrected chi connectivity index (χ0v) is 10.2. The van der Waals surface area contributed by atoms with Crippen LogP contribution in [0.1, 0.15) is 59.8 Å². The zero-order valence-electron chi connectivity index (χ0n) is 10.2. The van der Waals surface area contributed by atoms with Crippen molar-refractivity contribution in [1.29, 1.82) is 0 Å². The summed E-state index contributed by atoms with van der Waals surface area (Å²) in [5.41, 5.74) is 0.308. The van der Waals surface area contributed by atoms with E-state index in [1.165, 1.54) is 19.3 Å². The molecule has 0 unspecified atom stereocenters. The van der Waals surface area contributed by atoms with Crippen LogP contribution in [-0.4, -0.2) is 5.78 Å². The lowest BCUT2D eigenvalue weighted by Gasteiger charge is -2.24. The van der Waals surface area contributed by atoms with Gasteiger partial charge in [0.05, 0.1) is 0 Å². The van der Waals surface area contributed by atoms with Gasteiger partial charge in [-0.2, -0.15) is 0 Å². The molecule has 0 fully saturated rings. The molecule has 0 saturated heterocycles. The highest BCUT2D eigenvalue weighted by molar-refractivity contribution is 5.82. The molecule has 14 heavy (non-hydrogen) atoms. The van der Waals surface area contributed by atoms with Gasteiger partial charge in [-0.05, 0) is 24.2 Å². The van der Waals surface area contributed by atoms with Crippen LogP contribution in [-0.2, 0) is 4.79 Å². The third kappa shape index (κ3) is 8.28. The van der Waals surface area contributed by atoms with Crippen LogP contribution in [0, 0.1) is 18.3 Å². The van der Waals surface area contributed by atoms with E-state index in [-0.39, 0.29) is 5.78 Å². The average Bonchev–Trinajstić information content (AvgIpc) is 2.00. The van der Waals surface area contributed by atoms with E-state index in [0.29, 0.717) is 11.8 Å². The molecule has 0 rings (SSSR count). The van der Waals surface area contributed by atoms with Crippen molar-refractivity contribution in [3.05, 3.63) is 6.92 Å². The summed E-state index contributed by atoms with van der Waals surface area (Å²) < 4.78 is 0. The third-order valence-corrected chi connectivity index (χ3v) is 2.72. The van der Waals surface area contributed by atoms with Gasteiger partial charge >= 0.3 is 0 Å². The van der Waals surface area contributed by atoms with Crippen LogP contribution in [0.2, 0.25) is 0 Å². The minimum atomic E-state index is 0.0712. The molecule has 0 aromatic carbocycles. The number of carbonyl (C=O) groups is 1. The average molecular weight is 197 g/mol. The van der Waals surface area contributed by atoms with Gasteiger partial charge in [0.1, 0.15) is 5.78 Å². The lowest BCUT2D eigenvalue weighted by atomic mass is 9.81. The molecule has 1 heteroatoms. The van der Waals surface area contributed by atoms with E-state index in [4.69, 9.17) is 0 Å². The van der Waals surface area contributed by atoms with Gasteiger partial charge in [0.2, 0.25) is 0 Å². The van der Waals surface area contributed by atoms with E-state index < -0.39 is 0 Å². The topological polar surface area (TPSA) is 17.1 Å². The summed E-state index contributed by atoms with van der Waals surface area (Å²) in [6, 6.07) is 0. The summed E-state index contributed by atoms with van der Waals surface area (Å²) >= 11 is 0. The van der Waals surface area contributed by atoms with Gasteiger partial charge in [-0.1, -0.05) is 40.5 Å². The van der Waals surface area contributed by atoms with Crippen molar-refractivity contribution < 1.29 is 4.79 Å². The molecule has 1 nitrogen and oxygen atoms in total. The second-order valence-electron chi connectivity index (χ2n) is 5.49. The smallest absolute Gasteiger partial charge is 0.133 e. The molecule has 0 bridgehead atoms. The van der Waals surface area contributed by atoms with E-state index in [2.05, 4.69) is 34.6 Å². The SMILES string of the molecule is [CH2]C(=O)CCC(C)(C)CCCC(C)C. The predicted octanol–water partition coefficient (Wildman–Crippen LogP) is 4.02. The van der Waals surface area contributed by atoms with Crippen molar-refractivity contribution in [1.82, 2.24) is 0 Å². The molecule has 1 radical (unpaired) electrons. The fourth-order valence-electron chi connectivity index (χ4n) is 1.59. The zero-order chi connectivity index (χ0) is 11.2. The Kier molecular flexibility index (Phi) is 6.06. The molecule has 0 saturated carbocycles. The van der Waals surface area contributed by atoms with Crippen LogP contribution in [0.5, 0.6) is 0 Å². The Morgan fingerprint density at radius 1 is 1.29 bits per heavy atom. The molecule has 0 aliphatic carbocycles. The number of hydrogen-bond acceptors (Lipinski definition) is 1. The fourth-order valence-corrected chi connectivity index (χ4v) is 1.59. The van der Waals surface area contributed by atoms with Crippen LogP contribution in [0.15, 0.2) is 0 Å². The monoisotopic (exact) mass is 197 g/mol. The van der Waals surface area contributed by atoms with Gasteiger partial charge in [0.25, 0.3) is 0 Å². The number of ketones is 1. The highest BCUT2D eigenvalue weighted by Gasteiger charge is 2.17. The Labute approximate surface area is 89.3 Å². The van der Waals surface area contributed by atoms with Crippen LogP contribution in [0.3, 0.4) is 0 Å². The summed E-state index contributed by atoms with van der Waals surface area (Å²) in [4.78, 5) is 10.8. The lowest BCUT2D eigenvalue weighted by molar-refractivity contribution is -0.115. The molecule has 0 heterocycles. The molecule has 0 atom stereocenters. The van der Waals surface area contributed by atoms with E-state index in [0.717, 1.165) is 12.3 Å². The number of hydrogen-bond donors (Lipinski definition) is 0. The van der Waals surface area contributed by atoms with Crippen molar-refractivity contribution in [2.75, 3.05) is 0 Å². The van der Waals surface area contributed by atoms with Gasteiger partial charge in [0.15, 0.2) is 0 Å². The Hall–Kier alpha value is -0.330. The first kappa shape index (κ1) is 13.7. The van der Waals surface area contributed by atoms with Gasteiger partial charge < -0.3 is 0 Å². The van der Waals surface area contributed by atoms with E-state index in [9.17, 15) is 4.79 Å². The Morgan fingerprint density at radius 3 is 2.29 bits per heavy atom. The second-order valence-corrected chi connectivity index (χ2v) is 5.49. The highest BCUT2D eigenvalue weighted by atomic mass is 16.1. The molecule has 0 aliphatic heterocycles.